The number of pyridine rings is 1. The zero-order valence-corrected chi connectivity index (χ0v) is 18.1. The summed E-state index contributed by atoms with van der Waals surface area (Å²) in [5.74, 6) is 0.207. The van der Waals surface area contributed by atoms with Crippen molar-refractivity contribution in [2.45, 2.75) is 38.6 Å². The maximum absolute atomic E-state index is 13.7. The maximum Gasteiger partial charge on any atom is 0.276 e. The number of carbonyl (C=O) groups excluding carboxylic acids is 1. The summed E-state index contributed by atoms with van der Waals surface area (Å²) in [6, 6.07) is 8.39. The van der Waals surface area contributed by atoms with E-state index < -0.39 is 5.82 Å². The van der Waals surface area contributed by atoms with E-state index in [-0.39, 0.29) is 17.8 Å². The maximum atomic E-state index is 13.7. The second-order valence-electron chi connectivity index (χ2n) is 8.07. The molecule has 1 atom stereocenters. The fourth-order valence-corrected chi connectivity index (χ4v) is 4.12. The van der Waals surface area contributed by atoms with E-state index in [1.807, 2.05) is 30.0 Å². The van der Waals surface area contributed by atoms with Gasteiger partial charge in [-0.3, -0.25) is 4.79 Å². The molecule has 1 amide bonds. The van der Waals surface area contributed by atoms with Gasteiger partial charge in [-0.05, 0) is 50.5 Å². The van der Waals surface area contributed by atoms with Crippen LogP contribution in [-0.4, -0.2) is 53.5 Å². The van der Waals surface area contributed by atoms with Crippen molar-refractivity contribution in [1.29, 1.82) is 0 Å². The van der Waals surface area contributed by atoms with E-state index in [4.69, 9.17) is 4.52 Å². The van der Waals surface area contributed by atoms with E-state index >= 15 is 0 Å². The largest absolute Gasteiger partial charge is 0.335 e. The van der Waals surface area contributed by atoms with Gasteiger partial charge in [0, 0.05) is 19.0 Å². The minimum absolute atomic E-state index is 0.0698. The number of halogens is 1. The number of benzene rings is 1. The first-order valence-electron chi connectivity index (χ1n) is 10.8. The first-order valence-corrected chi connectivity index (χ1v) is 10.8. The molecule has 0 saturated carbocycles. The van der Waals surface area contributed by atoms with Crippen molar-refractivity contribution in [1.82, 2.24) is 35.0 Å². The number of carbonyl (C=O) groups is 1. The average Bonchev–Trinajstić information content (AvgIpc) is 3.52. The molecule has 0 aliphatic carbocycles. The van der Waals surface area contributed by atoms with Gasteiger partial charge in [-0.25, -0.2) is 9.37 Å². The van der Waals surface area contributed by atoms with E-state index in [0.717, 1.165) is 31.0 Å². The van der Waals surface area contributed by atoms with Crippen LogP contribution in [0, 0.1) is 12.7 Å². The van der Waals surface area contributed by atoms with E-state index in [0.29, 0.717) is 35.7 Å². The molecule has 0 spiro atoms. The molecule has 1 aliphatic heterocycles. The number of aryl methyl sites for hydroxylation is 1. The van der Waals surface area contributed by atoms with Crippen LogP contribution in [0.1, 0.15) is 41.0 Å². The fraction of sp³-hybridized carbons (Fsp3) is 0.304. The highest BCUT2D eigenvalue weighted by Gasteiger charge is 2.31. The van der Waals surface area contributed by atoms with Crippen molar-refractivity contribution in [3.8, 4) is 17.3 Å². The van der Waals surface area contributed by atoms with Gasteiger partial charge >= 0.3 is 0 Å². The Hall–Kier alpha value is -3.95. The van der Waals surface area contributed by atoms with Crippen LogP contribution >= 0.6 is 0 Å². The minimum atomic E-state index is -0.435. The molecule has 1 aliphatic rings. The van der Waals surface area contributed by atoms with Crippen LogP contribution in [0.15, 0.2) is 53.4 Å². The molecule has 4 heterocycles. The summed E-state index contributed by atoms with van der Waals surface area (Å²) in [6.07, 6.45) is 7.52. The molecule has 3 aromatic heterocycles. The number of hydrogen-bond acceptors (Lipinski definition) is 7. The Bertz CT molecular complexity index is 1250. The third-order valence-electron chi connectivity index (χ3n) is 5.74. The van der Waals surface area contributed by atoms with Crippen molar-refractivity contribution >= 4 is 5.91 Å². The highest BCUT2D eigenvalue weighted by Crippen LogP contribution is 2.26. The predicted octanol–water partition coefficient (Wildman–Crippen LogP) is 3.40. The molecule has 0 unspecified atom stereocenters. The SMILES string of the molecule is Cc1ccc(-n2nccn2)c(C(=O)N2CCCC[C@H]2Cc2noc(-c3ccc(F)cn3)n2)c1. The van der Waals surface area contributed by atoms with Crippen molar-refractivity contribution < 1.29 is 13.7 Å². The minimum Gasteiger partial charge on any atom is -0.335 e. The number of nitrogens with zero attached hydrogens (tertiary/aromatic N) is 7. The lowest BCUT2D eigenvalue weighted by Gasteiger charge is -2.35. The van der Waals surface area contributed by atoms with E-state index in [2.05, 4.69) is 25.3 Å². The Morgan fingerprint density at radius 1 is 1.18 bits per heavy atom. The molecule has 168 valence electrons. The molecule has 4 aromatic rings. The van der Waals surface area contributed by atoms with Gasteiger partial charge in [0.15, 0.2) is 5.82 Å². The van der Waals surface area contributed by atoms with Gasteiger partial charge < -0.3 is 9.42 Å². The summed E-state index contributed by atoms with van der Waals surface area (Å²) in [6.45, 7) is 2.60. The zero-order chi connectivity index (χ0) is 22.8. The van der Waals surface area contributed by atoms with E-state index in [9.17, 15) is 9.18 Å². The summed E-state index contributed by atoms with van der Waals surface area (Å²) >= 11 is 0. The number of aromatic nitrogens is 6. The van der Waals surface area contributed by atoms with Gasteiger partial charge in [-0.15, -0.1) is 0 Å². The Labute approximate surface area is 189 Å². The van der Waals surface area contributed by atoms with E-state index in [1.165, 1.54) is 16.9 Å². The van der Waals surface area contributed by atoms with Crippen LogP contribution in [0.5, 0.6) is 0 Å². The van der Waals surface area contributed by atoms with Gasteiger partial charge in [0.05, 0.1) is 29.8 Å². The third-order valence-corrected chi connectivity index (χ3v) is 5.74. The third kappa shape index (κ3) is 4.36. The van der Waals surface area contributed by atoms with Gasteiger partial charge in [0.2, 0.25) is 0 Å². The molecular weight excluding hydrogens is 425 g/mol. The molecule has 5 rings (SSSR count). The van der Waals surface area contributed by atoms with E-state index in [1.54, 1.807) is 12.4 Å². The Morgan fingerprint density at radius 3 is 2.82 bits per heavy atom. The monoisotopic (exact) mass is 447 g/mol. The molecule has 10 heteroatoms. The van der Waals surface area contributed by atoms with Crippen LogP contribution in [0.2, 0.25) is 0 Å². The smallest absolute Gasteiger partial charge is 0.276 e. The van der Waals surface area contributed by atoms with Crippen molar-refractivity contribution in [2.24, 2.45) is 0 Å². The number of amides is 1. The lowest BCUT2D eigenvalue weighted by atomic mass is 9.97. The molecule has 0 N–H and O–H groups in total. The molecule has 1 fully saturated rings. The normalized spacial score (nSPS) is 16.2. The molecule has 9 nitrogen and oxygen atoms in total. The second kappa shape index (κ2) is 8.89. The molecule has 33 heavy (non-hydrogen) atoms. The predicted molar refractivity (Wildman–Crippen MR) is 116 cm³/mol. The van der Waals surface area contributed by atoms with Crippen LogP contribution in [0.25, 0.3) is 17.3 Å². The number of piperidine rings is 1. The summed E-state index contributed by atoms with van der Waals surface area (Å²) in [4.78, 5) is 25.4. The van der Waals surface area contributed by atoms with Crippen LogP contribution in [0.3, 0.4) is 0 Å². The van der Waals surface area contributed by atoms with Gasteiger partial charge in [0.1, 0.15) is 11.5 Å². The zero-order valence-electron chi connectivity index (χ0n) is 18.1. The highest BCUT2D eigenvalue weighted by molar-refractivity contribution is 5.98. The average molecular weight is 447 g/mol. The fourth-order valence-electron chi connectivity index (χ4n) is 4.12. The lowest BCUT2D eigenvalue weighted by Crippen LogP contribution is -2.45. The standard InChI is InChI=1S/C23H22FN7O2/c1-15-5-8-20(31-26-9-10-27-31)18(12-15)23(32)30-11-3-2-4-17(30)13-21-28-22(33-29-21)19-7-6-16(24)14-25-19/h5-10,12,14,17H,2-4,11,13H2,1H3/t17-/m0/s1. The second-order valence-corrected chi connectivity index (χ2v) is 8.07. The topological polar surface area (TPSA) is 103 Å². The molecular formula is C23H22FN7O2. The van der Waals surface area contributed by atoms with Gasteiger partial charge in [0.25, 0.3) is 11.8 Å². The van der Waals surface area contributed by atoms with Crippen LogP contribution < -0.4 is 0 Å². The van der Waals surface area contributed by atoms with Crippen LogP contribution in [-0.2, 0) is 6.42 Å². The summed E-state index contributed by atoms with van der Waals surface area (Å²) in [5, 5.41) is 12.5. The highest BCUT2D eigenvalue weighted by atomic mass is 19.1. The molecule has 0 bridgehead atoms. The Kier molecular flexibility index (Phi) is 5.64. The summed E-state index contributed by atoms with van der Waals surface area (Å²) < 4.78 is 18.5. The van der Waals surface area contributed by atoms with Crippen molar-refractivity contribution in [3.63, 3.8) is 0 Å². The Morgan fingerprint density at radius 2 is 2.03 bits per heavy atom. The Balaban J connectivity index is 1.39. The summed E-state index contributed by atoms with van der Waals surface area (Å²) in [7, 11) is 0. The van der Waals surface area contributed by atoms with Crippen molar-refractivity contribution in [2.75, 3.05) is 6.54 Å². The van der Waals surface area contributed by atoms with Crippen LogP contribution in [0.4, 0.5) is 4.39 Å². The first kappa shape index (κ1) is 20.9. The molecule has 0 radical (unpaired) electrons. The molecule has 1 aromatic carbocycles. The first-order chi connectivity index (χ1) is 16.1. The van der Waals surface area contributed by atoms with Gasteiger partial charge in [-0.1, -0.05) is 16.8 Å². The number of rotatable bonds is 5. The van der Waals surface area contributed by atoms with Crippen molar-refractivity contribution in [3.05, 3.63) is 71.7 Å². The number of likely N-dealkylation sites (tertiary alicyclic amines) is 1. The molecule has 1 saturated heterocycles. The van der Waals surface area contributed by atoms with Gasteiger partial charge in [-0.2, -0.15) is 20.0 Å². The quantitative estimate of drug-likeness (QED) is 0.462. The summed E-state index contributed by atoms with van der Waals surface area (Å²) in [5.41, 5.74) is 2.59. The number of hydrogen-bond donors (Lipinski definition) is 0. The lowest BCUT2D eigenvalue weighted by molar-refractivity contribution is 0.0610.